The van der Waals surface area contributed by atoms with Gasteiger partial charge in [-0.25, -0.2) is 4.98 Å². The van der Waals surface area contributed by atoms with Crippen molar-refractivity contribution >= 4 is 17.0 Å². The van der Waals surface area contributed by atoms with Crippen molar-refractivity contribution in [3.05, 3.63) is 24.3 Å². The maximum Gasteiger partial charge on any atom is 0.201 e. The molecule has 14 heavy (non-hydrogen) atoms. The summed E-state index contributed by atoms with van der Waals surface area (Å²) >= 11 is 0. The van der Waals surface area contributed by atoms with Gasteiger partial charge in [0.1, 0.15) is 0 Å². The van der Waals surface area contributed by atoms with Gasteiger partial charge in [0, 0.05) is 6.04 Å². The molecule has 1 saturated carbocycles. The van der Waals surface area contributed by atoms with Crippen LogP contribution in [0.4, 0.5) is 5.95 Å². The molecule has 0 saturated heterocycles. The fraction of sp³-hybridized carbons (Fsp3) is 0.364. The minimum atomic E-state index is 0.572. The van der Waals surface area contributed by atoms with E-state index in [1.807, 2.05) is 18.2 Å². The number of para-hydroxylation sites is 2. The van der Waals surface area contributed by atoms with E-state index in [4.69, 9.17) is 5.73 Å². The van der Waals surface area contributed by atoms with Gasteiger partial charge in [-0.1, -0.05) is 19.1 Å². The summed E-state index contributed by atoms with van der Waals surface area (Å²) in [5.41, 5.74) is 8.08. The summed E-state index contributed by atoms with van der Waals surface area (Å²) in [5, 5.41) is 0. The highest BCUT2D eigenvalue weighted by Crippen LogP contribution is 2.45. The lowest BCUT2D eigenvalue weighted by molar-refractivity contribution is 0.715. The average Bonchev–Trinajstić information content (AvgIpc) is 2.78. The van der Waals surface area contributed by atoms with Crippen LogP contribution in [0.3, 0.4) is 0 Å². The second kappa shape index (κ2) is 2.50. The standard InChI is InChI=1S/C11H13N3/c1-7-6-10(7)14-9-5-3-2-4-8(9)13-11(14)12/h2-5,7,10H,6H2,1H3,(H2,12,13). The number of benzene rings is 1. The molecule has 0 aliphatic heterocycles. The monoisotopic (exact) mass is 187 g/mol. The predicted molar refractivity (Wildman–Crippen MR) is 57.0 cm³/mol. The molecule has 1 aromatic heterocycles. The lowest BCUT2D eigenvalue weighted by Crippen LogP contribution is -2.01. The van der Waals surface area contributed by atoms with E-state index in [-0.39, 0.29) is 0 Å². The molecule has 1 fully saturated rings. The summed E-state index contributed by atoms with van der Waals surface area (Å²) in [6.07, 6.45) is 1.23. The minimum absolute atomic E-state index is 0.572. The van der Waals surface area contributed by atoms with E-state index >= 15 is 0 Å². The van der Waals surface area contributed by atoms with Crippen LogP contribution in [-0.4, -0.2) is 9.55 Å². The summed E-state index contributed by atoms with van der Waals surface area (Å²) in [4.78, 5) is 4.35. The van der Waals surface area contributed by atoms with Gasteiger partial charge in [-0.05, 0) is 24.5 Å². The smallest absolute Gasteiger partial charge is 0.201 e. The van der Waals surface area contributed by atoms with E-state index in [0.717, 1.165) is 11.4 Å². The Balaban J connectivity index is 2.25. The van der Waals surface area contributed by atoms with Gasteiger partial charge in [-0.2, -0.15) is 0 Å². The number of imidazole rings is 1. The third-order valence-electron chi connectivity index (χ3n) is 3.02. The molecule has 72 valence electrons. The number of nitrogens with zero attached hydrogens (tertiary/aromatic N) is 2. The van der Waals surface area contributed by atoms with Gasteiger partial charge >= 0.3 is 0 Å². The summed E-state index contributed by atoms with van der Waals surface area (Å²) in [6.45, 7) is 2.25. The van der Waals surface area contributed by atoms with Gasteiger partial charge in [-0.15, -0.1) is 0 Å². The van der Waals surface area contributed by atoms with Crippen LogP contribution in [0, 0.1) is 5.92 Å². The molecule has 3 nitrogen and oxygen atoms in total. The van der Waals surface area contributed by atoms with E-state index in [2.05, 4.69) is 22.5 Å². The van der Waals surface area contributed by atoms with Gasteiger partial charge in [0.25, 0.3) is 0 Å². The fourth-order valence-electron chi connectivity index (χ4n) is 2.07. The van der Waals surface area contributed by atoms with Crippen molar-refractivity contribution in [3.63, 3.8) is 0 Å². The first-order chi connectivity index (χ1) is 6.77. The Kier molecular flexibility index (Phi) is 1.40. The molecule has 2 aromatic rings. The number of hydrogen-bond acceptors (Lipinski definition) is 2. The third kappa shape index (κ3) is 0.953. The Hall–Kier alpha value is -1.51. The molecule has 1 aliphatic rings. The molecule has 0 amide bonds. The maximum atomic E-state index is 5.91. The van der Waals surface area contributed by atoms with Crippen LogP contribution in [0.15, 0.2) is 24.3 Å². The zero-order valence-electron chi connectivity index (χ0n) is 8.14. The lowest BCUT2D eigenvalue weighted by atomic mass is 10.3. The first-order valence-electron chi connectivity index (χ1n) is 5.00. The highest BCUT2D eigenvalue weighted by molar-refractivity contribution is 5.78. The topological polar surface area (TPSA) is 43.8 Å². The van der Waals surface area contributed by atoms with Crippen LogP contribution in [0.1, 0.15) is 19.4 Å². The highest BCUT2D eigenvalue weighted by atomic mass is 15.2. The van der Waals surface area contributed by atoms with Crippen molar-refractivity contribution in [2.75, 3.05) is 5.73 Å². The van der Waals surface area contributed by atoms with E-state index in [1.165, 1.54) is 11.9 Å². The van der Waals surface area contributed by atoms with Crippen molar-refractivity contribution in [2.24, 2.45) is 5.92 Å². The Morgan fingerprint density at radius 1 is 1.43 bits per heavy atom. The van der Waals surface area contributed by atoms with Crippen molar-refractivity contribution in [3.8, 4) is 0 Å². The molecule has 2 N–H and O–H groups in total. The summed E-state index contributed by atoms with van der Waals surface area (Å²) in [6, 6.07) is 8.70. The summed E-state index contributed by atoms with van der Waals surface area (Å²) in [7, 11) is 0. The number of hydrogen-bond donors (Lipinski definition) is 1. The molecule has 1 aliphatic carbocycles. The van der Waals surface area contributed by atoms with Crippen LogP contribution in [0.2, 0.25) is 0 Å². The van der Waals surface area contributed by atoms with E-state index in [0.29, 0.717) is 12.0 Å². The predicted octanol–water partition coefficient (Wildman–Crippen LogP) is 2.20. The first-order valence-corrected chi connectivity index (χ1v) is 5.00. The van der Waals surface area contributed by atoms with Gasteiger partial charge in [0.05, 0.1) is 11.0 Å². The number of nitrogen functional groups attached to an aromatic ring is 1. The maximum absolute atomic E-state index is 5.91. The van der Waals surface area contributed by atoms with Crippen molar-refractivity contribution < 1.29 is 0 Å². The molecular formula is C11H13N3. The van der Waals surface area contributed by atoms with Gasteiger partial charge in [-0.3, -0.25) is 0 Å². The Morgan fingerprint density at radius 3 is 2.86 bits per heavy atom. The zero-order valence-corrected chi connectivity index (χ0v) is 8.14. The second-order valence-electron chi connectivity index (χ2n) is 4.11. The van der Waals surface area contributed by atoms with Crippen molar-refractivity contribution in [1.29, 1.82) is 0 Å². The Bertz CT molecular complexity index is 486. The molecule has 2 unspecified atom stereocenters. The molecule has 3 heteroatoms. The first kappa shape index (κ1) is 7.85. The number of fused-ring (bicyclic) bond motifs is 1. The number of rotatable bonds is 1. The quantitative estimate of drug-likeness (QED) is 0.743. The van der Waals surface area contributed by atoms with Crippen LogP contribution in [0.25, 0.3) is 11.0 Å². The largest absolute Gasteiger partial charge is 0.369 e. The van der Waals surface area contributed by atoms with Crippen molar-refractivity contribution in [2.45, 2.75) is 19.4 Å². The third-order valence-corrected chi connectivity index (χ3v) is 3.02. The van der Waals surface area contributed by atoms with Crippen molar-refractivity contribution in [1.82, 2.24) is 9.55 Å². The summed E-state index contributed by atoms with van der Waals surface area (Å²) in [5.74, 6) is 1.40. The SMILES string of the molecule is CC1CC1n1c(N)nc2ccccc21. The van der Waals surface area contributed by atoms with E-state index in [1.54, 1.807) is 0 Å². The van der Waals surface area contributed by atoms with Crippen LogP contribution < -0.4 is 5.73 Å². The molecular weight excluding hydrogens is 174 g/mol. The highest BCUT2D eigenvalue weighted by Gasteiger charge is 2.36. The number of anilines is 1. The zero-order chi connectivity index (χ0) is 9.71. The Morgan fingerprint density at radius 2 is 2.14 bits per heavy atom. The molecule has 2 atom stereocenters. The molecule has 0 spiro atoms. The van der Waals surface area contributed by atoms with Gasteiger partial charge in [0.2, 0.25) is 5.95 Å². The fourth-order valence-corrected chi connectivity index (χ4v) is 2.07. The lowest BCUT2D eigenvalue weighted by Gasteiger charge is -2.03. The summed E-state index contributed by atoms with van der Waals surface area (Å²) < 4.78 is 2.17. The van der Waals surface area contributed by atoms with Crippen LogP contribution >= 0.6 is 0 Å². The number of nitrogens with two attached hydrogens (primary N) is 1. The number of aromatic nitrogens is 2. The normalized spacial score (nSPS) is 25.5. The van der Waals surface area contributed by atoms with E-state index in [9.17, 15) is 0 Å². The van der Waals surface area contributed by atoms with Gasteiger partial charge in [0.15, 0.2) is 0 Å². The second-order valence-corrected chi connectivity index (χ2v) is 4.11. The average molecular weight is 187 g/mol. The minimum Gasteiger partial charge on any atom is -0.369 e. The van der Waals surface area contributed by atoms with E-state index < -0.39 is 0 Å². The molecule has 0 bridgehead atoms. The molecule has 0 radical (unpaired) electrons. The van der Waals surface area contributed by atoms with Crippen LogP contribution in [0.5, 0.6) is 0 Å². The molecule has 3 rings (SSSR count). The molecule has 1 heterocycles. The Labute approximate surface area is 82.5 Å². The van der Waals surface area contributed by atoms with Crippen LogP contribution in [-0.2, 0) is 0 Å². The molecule has 1 aromatic carbocycles. The van der Waals surface area contributed by atoms with Gasteiger partial charge < -0.3 is 10.3 Å².